The highest BCUT2D eigenvalue weighted by molar-refractivity contribution is 5.36. The first-order valence-electron chi connectivity index (χ1n) is 6.74. The Kier molecular flexibility index (Phi) is 3.97. The van der Waals surface area contributed by atoms with Gasteiger partial charge < -0.3 is 5.32 Å². The number of nitrogens with one attached hydrogen (secondary N) is 1. The van der Waals surface area contributed by atoms with Gasteiger partial charge in [0, 0.05) is 24.2 Å². The largest absolute Gasteiger partial charge is 0.370 e. The average molecular weight is 233 g/mol. The minimum atomic E-state index is 0.391. The molecule has 0 aromatic carbocycles. The summed E-state index contributed by atoms with van der Waals surface area (Å²) in [4.78, 5) is 9.03. The van der Waals surface area contributed by atoms with Crippen molar-refractivity contribution in [2.45, 2.75) is 52.4 Å². The first kappa shape index (κ1) is 12.3. The highest BCUT2D eigenvalue weighted by atomic mass is 15.0. The van der Waals surface area contributed by atoms with Crippen LogP contribution in [0.1, 0.15) is 57.0 Å². The number of aryl methyl sites for hydroxylation is 1. The standard InChI is InChI=1S/C14H23N3/c1-10(2)14-16-11(3)8-13(17-14)15-9-12-6-4-5-7-12/h8,10,12H,4-7,9H2,1-3H3,(H,15,16,17). The molecule has 1 aliphatic rings. The van der Waals surface area contributed by atoms with Gasteiger partial charge in [0.15, 0.2) is 0 Å². The fourth-order valence-electron chi connectivity index (χ4n) is 2.40. The van der Waals surface area contributed by atoms with E-state index in [2.05, 4.69) is 29.1 Å². The molecule has 1 saturated carbocycles. The molecule has 0 bridgehead atoms. The number of anilines is 1. The van der Waals surface area contributed by atoms with Gasteiger partial charge in [0.2, 0.25) is 0 Å². The molecule has 0 unspecified atom stereocenters. The van der Waals surface area contributed by atoms with E-state index in [1.54, 1.807) is 0 Å². The second kappa shape index (κ2) is 5.48. The molecule has 1 heterocycles. The van der Waals surface area contributed by atoms with Crippen molar-refractivity contribution < 1.29 is 0 Å². The maximum absolute atomic E-state index is 4.57. The highest BCUT2D eigenvalue weighted by Gasteiger charge is 2.15. The predicted octanol–water partition coefficient (Wildman–Crippen LogP) is 3.51. The van der Waals surface area contributed by atoms with Crippen molar-refractivity contribution in [3.8, 4) is 0 Å². The van der Waals surface area contributed by atoms with Gasteiger partial charge in [-0.3, -0.25) is 0 Å². The van der Waals surface area contributed by atoms with Gasteiger partial charge in [-0.05, 0) is 25.7 Å². The molecule has 1 N–H and O–H groups in total. The summed E-state index contributed by atoms with van der Waals surface area (Å²) in [5.74, 6) is 3.17. The van der Waals surface area contributed by atoms with Crippen LogP contribution >= 0.6 is 0 Å². The molecule has 0 aliphatic heterocycles. The normalized spacial score (nSPS) is 16.7. The summed E-state index contributed by atoms with van der Waals surface area (Å²) >= 11 is 0. The van der Waals surface area contributed by atoms with Crippen LogP contribution in [-0.2, 0) is 0 Å². The molecule has 3 heteroatoms. The Morgan fingerprint density at radius 3 is 2.65 bits per heavy atom. The van der Waals surface area contributed by atoms with E-state index >= 15 is 0 Å². The van der Waals surface area contributed by atoms with E-state index in [0.29, 0.717) is 5.92 Å². The molecule has 0 saturated heterocycles. The van der Waals surface area contributed by atoms with Crippen LogP contribution in [0.3, 0.4) is 0 Å². The Labute approximate surface area is 104 Å². The van der Waals surface area contributed by atoms with Crippen molar-refractivity contribution in [1.82, 2.24) is 9.97 Å². The van der Waals surface area contributed by atoms with Crippen molar-refractivity contribution >= 4 is 5.82 Å². The minimum Gasteiger partial charge on any atom is -0.370 e. The Morgan fingerprint density at radius 1 is 1.29 bits per heavy atom. The molecule has 3 nitrogen and oxygen atoms in total. The van der Waals surface area contributed by atoms with Gasteiger partial charge in [0.1, 0.15) is 11.6 Å². The zero-order chi connectivity index (χ0) is 12.3. The van der Waals surface area contributed by atoms with Crippen molar-refractivity contribution in [3.63, 3.8) is 0 Å². The van der Waals surface area contributed by atoms with Crippen LogP contribution in [0.25, 0.3) is 0 Å². The summed E-state index contributed by atoms with van der Waals surface area (Å²) in [5.41, 5.74) is 1.05. The third kappa shape index (κ3) is 3.42. The fraction of sp³-hybridized carbons (Fsp3) is 0.714. The van der Waals surface area contributed by atoms with Crippen LogP contribution in [0.15, 0.2) is 6.07 Å². The van der Waals surface area contributed by atoms with E-state index < -0.39 is 0 Å². The molecule has 94 valence electrons. The third-order valence-electron chi connectivity index (χ3n) is 3.43. The van der Waals surface area contributed by atoms with Crippen molar-refractivity contribution in [3.05, 3.63) is 17.6 Å². The second-order valence-electron chi connectivity index (χ2n) is 5.44. The lowest BCUT2D eigenvalue weighted by Crippen LogP contribution is -2.13. The summed E-state index contributed by atoms with van der Waals surface area (Å²) in [6.07, 6.45) is 5.53. The smallest absolute Gasteiger partial charge is 0.133 e. The summed E-state index contributed by atoms with van der Waals surface area (Å²) in [7, 11) is 0. The Morgan fingerprint density at radius 2 is 2.00 bits per heavy atom. The van der Waals surface area contributed by atoms with E-state index in [1.165, 1.54) is 25.7 Å². The lowest BCUT2D eigenvalue weighted by Gasteiger charge is -2.13. The Hall–Kier alpha value is -1.12. The van der Waals surface area contributed by atoms with E-state index in [9.17, 15) is 0 Å². The molecule has 1 aromatic heterocycles. The topological polar surface area (TPSA) is 37.8 Å². The number of hydrogen-bond acceptors (Lipinski definition) is 3. The summed E-state index contributed by atoms with van der Waals surface area (Å²) in [6, 6.07) is 2.04. The van der Waals surface area contributed by atoms with Crippen molar-refractivity contribution in [1.29, 1.82) is 0 Å². The van der Waals surface area contributed by atoms with Crippen LogP contribution in [0.5, 0.6) is 0 Å². The molecule has 1 aromatic rings. The molecule has 1 aliphatic carbocycles. The fourth-order valence-corrected chi connectivity index (χ4v) is 2.40. The number of hydrogen-bond donors (Lipinski definition) is 1. The first-order chi connectivity index (χ1) is 8.15. The van der Waals surface area contributed by atoms with Gasteiger partial charge in [-0.2, -0.15) is 0 Å². The molecule has 0 spiro atoms. The van der Waals surface area contributed by atoms with Gasteiger partial charge in [-0.25, -0.2) is 9.97 Å². The molecule has 0 atom stereocenters. The van der Waals surface area contributed by atoms with Crippen LogP contribution in [0.2, 0.25) is 0 Å². The maximum atomic E-state index is 4.57. The molecule has 17 heavy (non-hydrogen) atoms. The summed E-state index contributed by atoms with van der Waals surface area (Å²) in [5, 5.41) is 3.47. The average Bonchev–Trinajstić information content (AvgIpc) is 2.78. The number of rotatable bonds is 4. The van der Waals surface area contributed by atoms with Crippen molar-refractivity contribution in [2.24, 2.45) is 5.92 Å². The van der Waals surface area contributed by atoms with Crippen LogP contribution < -0.4 is 5.32 Å². The van der Waals surface area contributed by atoms with E-state index in [1.807, 2.05) is 13.0 Å². The quantitative estimate of drug-likeness (QED) is 0.864. The predicted molar refractivity (Wildman–Crippen MR) is 71.3 cm³/mol. The van der Waals surface area contributed by atoms with Crippen LogP contribution in [0.4, 0.5) is 5.82 Å². The lowest BCUT2D eigenvalue weighted by molar-refractivity contribution is 0.578. The van der Waals surface area contributed by atoms with Crippen LogP contribution in [0, 0.1) is 12.8 Å². The van der Waals surface area contributed by atoms with E-state index in [4.69, 9.17) is 0 Å². The molecule has 1 fully saturated rings. The van der Waals surface area contributed by atoms with Crippen LogP contribution in [-0.4, -0.2) is 16.5 Å². The van der Waals surface area contributed by atoms with E-state index in [-0.39, 0.29) is 0 Å². The molecular weight excluding hydrogens is 210 g/mol. The molecule has 2 rings (SSSR count). The monoisotopic (exact) mass is 233 g/mol. The second-order valence-corrected chi connectivity index (χ2v) is 5.44. The zero-order valence-corrected chi connectivity index (χ0v) is 11.2. The van der Waals surface area contributed by atoms with Crippen molar-refractivity contribution in [2.75, 3.05) is 11.9 Å². The molecular formula is C14H23N3. The van der Waals surface area contributed by atoms with Gasteiger partial charge >= 0.3 is 0 Å². The Bertz CT molecular complexity index is 368. The zero-order valence-electron chi connectivity index (χ0n) is 11.2. The first-order valence-corrected chi connectivity index (χ1v) is 6.74. The van der Waals surface area contributed by atoms with Gasteiger partial charge in [-0.15, -0.1) is 0 Å². The van der Waals surface area contributed by atoms with Gasteiger partial charge in [-0.1, -0.05) is 26.7 Å². The highest BCUT2D eigenvalue weighted by Crippen LogP contribution is 2.25. The number of nitrogens with zero attached hydrogens (tertiary/aromatic N) is 2. The van der Waals surface area contributed by atoms with Gasteiger partial charge in [0.25, 0.3) is 0 Å². The number of aromatic nitrogens is 2. The third-order valence-corrected chi connectivity index (χ3v) is 3.43. The SMILES string of the molecule is Cc1cc(NCC2CCCC2)nc(C(C)C)n1. The molecule has 0 radical (unpaired) electrons. The Balaban J connectivity index is 1.99. The molecule has 0 amide bonds. The van der Waals surface area contributed by atoms with E-state index in [0.717, 1.165) is 29.8 Å². The minimum absolute atomic E-state index is 0.391. The summed E-state index contributed by atoms with van der Waals surface area (Å²) in [6.45, 7) is 7.37. The lowest BCUT2D eigenvalue weighted by atomic mass is 10.1. The summed E-state index contributed by atoms with van der Waals surface area (Å²) < 4.78 is 0. The maximum Gasteiger partial charge on any atom is 0.133 e. The van der Waals surface area contributed by atoms with Gasteiger partial charge in [0.05, 0.1) is 0 Å².